The van der Waals surface area contributed by atoms with E-state index in [1.165, 1.54) is 0 Å². The van der Waals surface area contributed by atoms with Crippen molar-refractivity contribution in [1.29, 1.82) is 0 Å². The maximum Gasteiger partial charge on any atom is 0.231 e. The predicted molar refractivity (Wildman–Crippen MR) is 96.2 cm³/mol. The number of carbonyl (C=O) groups is 1. The standard InChI is InChI=1S/C20H23NO4/c1-20(23)10-11-21(16-7-5-4-6-15(16)20)19(22)13-14-8-9-17(24-2)18(12-14)25-3/h4-9,12,23H,10-11,13H2,1-3H3. The van der Waals surface area contributed by atoms with Crippen molar-refractivity contribution in [3.63, 3.8) is 0 Å². The van der Waals surface area contributed by atoms with Crippen LogP contribution in [0.4, 0.5) is 5.69 Å². The Morgan fingerprint density at radius 1 is 1.16 bits per heavy atom. The van der Waals surface area contributed by atoms with E-state index in [9.17, 15) is 9.90 Å². The summed E-state index contributed by atoms with van der Waals surface area (Å²) in [6, 6.07) is 13.0. The van der Waals surface area contributed by atoms with Crippen LogP contribution in [-0.2, 0) is 16.8 Å². The molecule has 5 heteroatoms. The summed E-state index contributed by atoms with van der Waals surface area (Å²) in [4.78, 5) is 14.6. The van der Waals surface area contributed by atoms with Crippen molar-refractivity contribution in [2.45, 2.75) is 25.4 Å². The number of ether oxygens (including phenoxy) is 2. The van der Waals surface area contributed by atoms with Gasteiger partial charge in [0.1, 0.15) is 0 Å². The van der Waals surface area contributed by atoms with Gasteiger partial charge in [-0.2, -0.15) is 0 Å². The number of carbonyl (C=O) groups excluding carboxylic acids is 1. The van der Waals surface area contributed by atoms with Gasteiger partial charge in [-0.15, -0.1) is 0 Å². The van der Waals surface area contributed by atoms with Gasteiger partial charge in [-0.3, -0.25) is 4.79 Å². The first-order valence-electron chi connectivity index (χ1n) is 8.29. The van der Waals surface area contributed by atoms with Crippen molar-refractivity contribution >= 4 is 11.6 Å². The van der Waals surface area contributed by atoms with Gasteiger partial charge in [0.05, 0.1) is 26.2 Å². The van der Waals surface area contributed by atoms with E-state index < -0.39 is 5.60 Å². The number of aliphatic hydroxyl groups is 1. The van der Waals surface area contributed by atoms with E-state index in [0.29, 0.717) is 24.5 Å². The molecule has 2 aromatic rings. The minimum atomic E-state index is -0.906. The zero-order valence-corrected chi connectivity index (χ0v) is 14.8. The molecule has 0 fully saturated rings. The van der Waals surface area contributed by atoms with E-state index in [-0.39, 0.29) is 12.3 Å². The zero-order chi connectivity index (χ0) is 18.0. The molecule has 0 saturated carbocycles. The first-order valence-corrected chi connectivity index (χ1v) is 8.29. The largest absolute Gasteiger partial charge is 0.493 e. The molecular formula is C20H23NO4. The number of benzene rings is 2. The average Bonchev–Trinajstić information content (AvgIpc) is 2.61. The normalized spacial score (nSPS) is 19.3. The second-order valence-corrected chi connectivity index (χ2v) is 6.45. The molecule has 1 unspecified atom stereocenters. The second-order valence-electron chi connectivity index (χ2n) is 6.45. The van der Waals surface area contributed by atoms with Gasteiger partial charge in [0.15, 0.2) is 11.5 Å². The van der Waals surface area contributed by atoms with E-state index in [4.69, 9.17) is 9.47 Å². The van der Waals surface area contributed by atoms with Gasteiger partial charge in [-0.05, 0) is 37.1 Å². The SMILES string of the molecule is COc1ccc(CC(=O)N2CCC(C)(O)c3ccccc32)cc1OC. The number of anilines is 1. The third-order valence-corrected chi connectivity index (χ3v) is 4.70. The fourth-order valence-electron chi connectivity index (χ4n) is 3.27. The van der Waals surface area contributed by atoms with Gasteiger partial charge < -0.3 is 19.5 Å². The summed E-state index contributed by atoms with van der Waals surface area (Å²) in [5, 5.41) is 10.6. The molecule has 2 aromatic carbocycles. The lowest BCUT2D eigenvalue weighted by atomic mass is 9.87. The van der Waals surface area contributed by atoms with Gasteiger partial charge in [-0.1, -0.05) is 24.3 Å². The summed E-state index contributed by atoms with van der Waals surface area (Å²) in [5.74, 6) is 1.24. The van der Waals surface area contributed by atoms with E-state index >= 15 is 0 Å². The topological polar surface area (TPSA) is 59.0 Å². The number of hydrogen-bond donors (Lipinski definition) is 1. The third kappa shape index (κ3) is 3.33. The molecule has 3 rings (SSSR count). The van der Waals surface area contributed by atoms with Crippen molar-refractivity contribution in [3.8, 4) is 11.5 Å². The molecule has 0 spiro atoms. The molecule has 0 saturated heterocycles. The highest BCUT2D eigenvalue weighted by atomic mass is 16.5. The lowest BCUT2D eigenvalue weighted by Gasteiger charge is -2.38. The fourth-order valence-corrected chi connectivity index (χ4v) is 3.27. The quantitative estimate of drug-likeness (QED) is 0.929. The van der Waals surface area contributed by atoms with Crippen molar-refractivity contribution in [2.24, 2.45) is 0 Å². The molecule has 0 radical (unpaired) electrons. The summed E-state index contributed by atoms with van der Waals surface area (Å²) in [5.41, 5.74) is 1.53. The lowest BCUT2D eigenvalue weighted by molar-refractivity contribution is -0.118. The number of para-hydroxylation sites is 1. The summed E-state index contributed by atoms with van der Waals surface area (Å²) >= 11 is 0. The van der Waals surface area contributed by atoms with Crippen molar-refractivity contribution in [1.82, 2.24) is 0 Å². The van der Waals surface area contributed by atoms with Crippen LogP contribution in [0.1, 0.15) is 24.5 Å². The van der Waals surface area contributed by atoms with Crippen LogP contribution in [-0.4, -0.2) is 31.8 Å². The van der Waals surface area contributed by atoms with Gasteiger partial charge >= 0.3 is 0 Å². The first kappa shape index (κ1) is 17.3. The van der Waals surface area contributed by atoms with Crippen LogP contribution in [0.15, 0.2) is 42.5 Å². The van der Waals surface area contributed by atoms with Crippen molar-refractivity contribution < 1.29 is 19.4 Å². The number of rotatable bonds is 4. The van der Waals surface area contributed by atoms with Gasteiger partial charge in [0.2, 0.25) is 5.91 Å². The fraction of sp³-hybridized carbons (Fsp3) is 0.350. The molecule has 132 valence electrons. The van der Waals surface area contributed by atoms with Crippen LogP contribution in [0.2, 0.25) is 0 Å². The van der Waals surface area contributed by atoms with E-state index in [0.717, 1.165) is 16.8 Å². The van der Waals surface area contributed by atoms with Crippen LogP contribution in [0, 0.1) is 0 Å². The van der Waals surface area contributed by atoms with Gasteiger partial charge in [0.25, 0.3) is 0 Å². The number of hydrogen-bond acceptors (Lipinski definition) is 4. The van der Waals surface area contributed by atoms with Crippen LogP contribution < -0.4 is 14.4 Å². The Bertz CT molecular complexity index is 785. The number of nitrogens with zero attached hydrogens (tertiary/aromatic N) is 1. The minimum absolute atomic E-state index is 0.00447. The third-order valence-electron chi connectivity index (χ3n) is 4.70. The Labute approximate surface area is 147 Å². The van der Waals surface area contributed by atoms with E-state index in [1.54, 1.807) is 32.1 Å². The molecule has 1 amide bonds. The summed E-state index contributed by atoms with van der Waals surface area (Å²) in [6.45, 7) is 2.29. The van der Waals surface area contributed by atoms with Crippen LogP contribution >= 0.6 is 0 Å². The van der Waals surface area contributed by atoms with Gasteiger partial charge in [-0.25, -0.2) is 0 Å². The van der Waals surface area contributed by atoms with E-state index in [2.05, 4.69) is 0 Å². The summed E-state index contributed by atoms with van der Waals surface area (Å²) < 4.78 is 10.5. The lowest BCUT2D eigenvalue weighted by Crippen LogP contribution is -2.42. The Morgan fingerprint density at radius 3 is 2.60 bits per heavy atom. The maximum atomic E-state index is 12.9. The molecule has 1 heterocycles. The molecule has 1 N–H and O–H groups in total. The number of amides is 1. The Morgan fingerprint density at radius 2 is 1.88 bits per heavy atom. The van der Waals surface area contributed by atoms with Gasteiger partial charge in [0, 0.05) is 17.8 Å². The average molecular weight is 341 g/mol. The second kappa shape index (κ2) is 6.76. The van der Waals surface area contributed by atoms with Crippen molar-refractivity contribution in [2.75, 3.05) is 25.7 Å². The molecular weight excluding hydrogens is 318 g/mol. The first-order chi connectivity index (χ1) is 12.0. The molecule has 1 aliphatic rings. The molecule has 1 aliphatic heterocycles. The van der Waals surface area contributed by atoms with Crippen LogP contribution in [0.25, 0.3) is 0 Å². The highest BCUT2D eigenvalue weighted by Crippen LogP contribution is 2.38. The van der Waals surface area contributed by atoms with Crippen LogP contribution in [0.3, 0.4) is 0 Å². The molecule has 5 nitrogen and oxygen atoms in total. The zero-order valence-electron chi connectivity index (χ0n) is 14.8. The molecule has 25 heavy (non-hydrogen) atoms. The summed E-state index contributed by atoms with van der Waals surface area (Å²) in [6.07, 6.45) is 0.776. The minimum Gasteiger partial charge on any atom is -0.493 e. The summed E-state index contributed by atoms with van der Waals surface area (Å²) in [7, 11) is 3.16. The molecule has 0 bridgehead atoms. The van der Waals surface area contributed by atoms with Crippen molar-refractivity contribution in [3.05, 3.63) is 53.6 Å². The highest BCUT2D eigenvalue weighted by molar-refractivity contribution is 5.96. The molecule has 0 aromatic heterocycles. The Kier molecular flexibility index (Phi) is 4.68. The smallest absolute Gasteiger partial charge is 0.231 e. The van der Waals surface area contributed by atoms with Crippen LogP contribution in [0.5, 0.6) is 11.5 Å². The maximum absolute atomic E-state index is 12.9. The highest BCUT2D eigenvalue weighted by Gasteiger charge is 2.34. The Balaban J connectivity index is 1.85. The Hall–Kier alpha value is -2.53. The van der Waals surface area contributed by atoms with E-state index in [1.807, 2.05) is 36.4 Å². The number of fused-ring (bicyclic) bond motifs is 1. The predicted octanol–water partition coefficient (Wildman–Crippen LogP) is 2.89. The monoisotopic (exact) mass is 341 g/mol. The number of methoxy groups -OCH3 is 2. The molecule has 0 aliphatic carbocycles. The molecule has 1 atom stereocenters.